The number of aromatic amines is 1. The first-order valence-corrected chi connectivity index (χ1v) is 14.0. The molecular weight excluding hydrogens is 527 g/mol. The number of rotatable bonds is 8. The van der Waals surface area contributed by atoms with E-state index in [0.717, 1.165) is 72.1 Å². The van der Waals surface area contributed by atoms with E-state index >= 15 is 0 Å². The number of carbonyl (C=O) groups excluding carboxylic acids is 1. The van der Waals surface area contributed by atoms with Crippen LogP contribution in [0.3, 0.4) is 0 Å². The van der Waals surface area contributed by atoms with E-state index < -0.39 is 18.5 Å². The maximum absolute atomic E-state index is 12.5. The number of benzene rings is 1. The summed E-state index contributed by atoms with van der Waals surface area (Å²) in [5.41, 5.74) is 3.01. The van der Waals surface area contributed by atoms with E-state index in [9.17, 15) is 18.0 Å². The molecular formula is C25H31ClF3N5O2S. The molecule has 202 valence electrons. The van der Waals surface area contributed by atoms with Crippen LogP contribution in [-0.2, 0) is 9.53 Å². The lowest BCUT2D eigenvalue weighted by atomic mass is 10.1. The summed E-state index contributed by atoms with van der Waals surface area (Å²) < 4.78 is 43.0. The Balaban J connectivity index is 1.15. The molecule has 37 heavy (non-hydrogen) atoms. The molecule has 2 fully saturated rings. The van der Waals surface area contributed by atoms with Crippen LogP contribution < -0.4 is 5.32 Å². The Morgan fingerprint density at radius 2 is 1.89 bits per heavy atom. The van der Waals surface area contributed by atoms with E-state index in [2.05, 4.69) is 21.3 Å². The fourth-order valence-electron chi connectivity index (χ4n) is 5.00. The predicted molar refractivity (Wildman–Crippen MR) is 142 cm³/mol. The number of anilines is 1. The molecule has 5 rings (SSSR count). The highest BCUT2D eigenvalue weighted by Crippen LogP contribution is 2.33. The van der Waals surface area contributed by atoms with Gasteiger partial charge in [-0.05, 0) is 37.5 Å². The van der Waals surface area contributed by atoms with E-state index in [4.69, 9.17) is 21.3 Å². The first-order chi connectivity index (χ1) is 17.7. The van der Waals surface area contributed by atoms with Gasteiger partial charge in [-0.3, -0.25) is 14.7 Å². The first kappa shape index (κ1) is 26.8. The average molecular weight is 558 g/mol. The number of halogens is 4. The zero-order valence-corrected chi connectivity index (χ0v) is 22.0. The number of Topliss-reactive ketones (excluding diaryl/α,β-unsaturated/α-hetero) is 1. The zero-order valence-electron chi connectivity index (χ0n) is 20.5. The van der Waals surface area contributed by atoms with Crippen molar-refractivity contribution >= 4 is 50.8 Å². The van der Waals surface area contributed by atoms with Crippen LogP contribution in [0, 0.1) is 0 Å². The van der Waals surface area contributed by atoms with Gasteiger partial charge in [0.25, 0.3) is 0 Å². The smallest absolute Gasteiger partial charge is 0.381 e. The summed E-state index contributed by atoms with van der Waals surface area (Å²) in [6, 6.07) is 6.58. The van der Waals surface area contributed by atoms with Crippen molar-refractivity contribution in [2.75, 3.05) is 63.6 Å². The molecule has 2 aromatic rings. The number of hydrogen-bond acceptors (Lipinski definition) is 7. The third-order valence-electron chi connectivity index (χ3n) is 7.14. The molecule has 12 heteroatoms. The molecule has 0 saturated carbocycles. The summed E-state index contributed by atoms with van der Waals surface area (Å²) in [5, 5.41) is 6.36. The number of hydrogen-bond donors (Lipinski definition) is 2. The number of H-pyrrole nitrogens is 1. The van der Waals surface area contributed by atoms with Crippen molar-refractivity contribution in [1.29, 1.82) is 0 Å². The standard InChI is InChI=1S/C25H31ClF3N5O2S/c26-17-11-16-12-21(32-23(16)20(13-17)30-18-2-9-36-10-3-18)24-31-19(15-37-24)1-4-33-5-7-34(8-6-33)14-22(35)25(27,28)29/h11-13,18-19,30,32H,1-10,14-15H2. The number of thioether (sulfide) groups is 1. The molecule has 3 aliphatic rings. The molecule has 0 amide bonds. The van der Waals surface area contributed by atoms with Crippen LogP contribution in [0.15, 0.2) is 23.2 Å². The van der Waals surface area contributed by atoms with E-state index in [1.807, 2.05) is 12.1 Å². The van der Waals surface area contributed by atoms with Crippen molar-refractivity contribution in [3.63, 3.8) is 0 Å². The Morgan fingerprint density at radius 3 is 2.62 bits per heavy atom. The number of carbonyl (C=O) groups is 1. The second-order valence-corrected chi connectivity index (χ2v) is 11.3. The number of ether oxygens (including phenoxy) is 1. The van der Waals surface area contributed by atoms with Crippen molar-refractivity contribution in [3.8, 4) is 0 Å². The minimum atomic E-state index is -4.76. The van der Waals surface area contributed by atoms with Crippen LogP contribution in [0.2, 0.25) is 5.02 Å². The minimum absolute atomic E-state index is 0.194. The number of alkyl halides is 3. The summed E-state index contributed by atoms with van der Waals surface area (Å²) >= 11 is 8.15. The molecule has 4 heterocycles. The van der Waals surface area contributed by atoms with Crippen LogP contribution in [0.4, 0.5) is 18.9 Å². The lowest BCUT2D eigenvalue weighted by molar-refractivity contribution is -0.172. The highest BCUT2D eigenvalue weighted by atomic mass is 35.5. The summed E-state index contributed by atoms with van der Waals surface area (Å²) in [6.07, 6.45) is -1.94. The van der Waals surface area contributed by atoms with Crippen LogP contribution in [0.1, 0.15) is 25.0 Å². The second kappa shape index (κ2) is 11.5. The molecule has 2 N–H and O–H groups in total. The molecule has 1 aromatic carbocycles. The normalized spacial score (nSPS) is 22.5. The molecule has 2 saturated heterocycles. The molecule has 1 unspecified atom stereocenters. The number of aromatic nitrogens is 1. The van der Waals surface area contributed by atoms with Gasteiger partial charge < -0.3 is 19.9 Å². The molecule has 3 aliphatic heterocycles. The van der Waals surface area contributed by atoms with Gasteiger partial charge in [0.1, 0.15) is 5.04 Å². The third kappa shape index (κ3) is 6.81. The molecule has 7 nitrogen and oxygen atoms in total. The largest absolute Gasteiger partial charge is 0.451 e. The first-order valence-electron chi connectivity index (χ1n) is 12.7. The molecule has 0 radical (unpaired) electrons. The monoisotopic (exact) mass is 557 g/mol. The van der Waals surface area contributed by atoms with Crippen molar-refractivity contribution in [1.82, 2.24) is 14.8 Å². The number of aliphatic imine (C=N–C) groups is 1. The van der Waals surface area contributed by atoms with Crippen molar-refractivity contribution in [3.05, 3.63) is 28.9 Å². The SMILES string of the molecule is O=C(CN1CCN(CCC2CSC(c3cc4cc(Cl)cc(NC5CCOCC5)c4[nH]3)=N2)CC1)C(F)(F)F. The fourth-order valence-corrected chi connectivity index (χ4v) is 6.31. The lowest BCUT2D eigenvalue weighted by Crippen LogP contribution is -2.49. The van der Waals surface area contributed by atoms with E-state index in [1.54, 1.807) is 16.7 Å². The van der Waals surface area contributed by atoms with Gasteiger partial charge in [-0.1, -0.05) is 11.6 Å². The fraction of sp³-hybridized carbons (Fsp3) is 0.600. The van der Waals surface area contributed by atoms with Crippen molar-refractivity contribution in [2.24, 2.45) is 4.99 Å². The van der Waals surface area contributed by atoms with Crippen LogP contribution in [0.25, 0.3) is 10.9 Å². The Bertz CT molecular complexity index is 1140. The maximum atomic E-state index is 12.5. The third-order valence-corrected chi connectivity index (χ3v) is 8.51. The van der Waals surface area contributed by atoms with Crippen molar-refractivity contribution < 1.29 is 22.7 Å². The predicted octanol–water partition coefficient (Wildman–Crippen LogP) is 4.41. The Hall–Kier alpha value is -1.79. The average Bonchev–Trinajstić information content (AvgIpc) is 3.51. The highest BCUT2D eigenvalue weighted by molar-refractivity contribution is 8.14. The molecule has 1 atom stereocenters. The second-order valence-electron chi connectivity index (χ2n) is 9.86. The van der Waals surface area contributed by atoms with Gasteiger partial charge in [0.2, 0.25) is 5.78 Å². The molecule has 0 aliphatic carbocycles. The molecule has 0 spiro atoms. The van der Waals surface area contributed by atoms with Gasteiger partial charge in [0.15, 0.2) is 0 Å². The molecule has 1 aromatic heterocycles. The van der Waals surface area contributed by atoms with Gasteiger partial charge >= 0.3 is 6.18 Å². The summed E-state index contributed by atoms with van der Waals surface area (Å²) in [4.78, 5) is 23.6. The Morgan fingerprint density at radius 1 is 1.16 bits per heavy atom. The maximum Gasteiger partial charge on any atom is 0.451 e. The summed E-state index contributed by atoms with van der Waals surface area (Å²) in [7, 11) is 0. The quantitative estimate of drug-likeness (QED) is 0.501. The number of ketones is 1. The van der Waals surface area contributed by atoms with Gasteiger partial charge in [-0.15, -0.1) is 11.8 Å². The Labute approximate surface area is 223 Å². The number of fused-ring (bicyclic) bond motifs is 1. The topological polar surface area (TPSA) is 73.0 Å². The van der Waals surface area contributed by atoms with E-state index in [-0.39, 0.29) is 6.04 Å². The summed E-state index contributed by atoms with van der Waals surface area (Å²) in [6.45, 7) is 4.08. The lowest BCUT2D eigenvalue weighted by Gasteiger charge is -2.34. The Kier molecular flexibility index (Phi) is 8.35. The summed E-state index contributed by atoms with van der Waals surface area (Å²) in [5.74, 6) is -0.768. The van der Waals surface area contributed by atoms with Gasteiger partial charge in [-0.2, -0.15) is 13.2 Å². The molecule has 0 bridgehead atoms. The minimum Gasteiger partial charge on any atom is -0.381 e. The van der Waals surface area contributed by atoms with E-state index in [1.165, 1.54) is 0 Å². The van der Waals surface area contributed by atoms with Crippen LogP contribution >= 0.6 is 23.4 Å². The van der Waals surface area contributed by atoms with Crippen molar-refractivity contribution in [2.45, 2.75) is 37.5 Å². The highest BCUT2D eigenvalue weighted by Gasteiger charge is 2.39. The van der Waals surface area contributed by atoms with Crippen LogP contribution in [-0.4, -0.2) is 102 Å². The zero-order chi connectivity index (χ0) is 26.0. The van der Waals surface area contributed by atoms with Gasteiger partial charge in [-0.25, -0.2) is 0 Å². The van der Waals surface area contributed by atoms with Gasteiger partial charge in [0.05, 0.1) is 29.5 Å². The number of piperazine rings is 1. The van der Waals surface area contributed by atoms with Crippen LogP contribution in [0.5, 0.6) is 0 Å². The number of nitrogens with one attached hydrogen (secondary N) is 2. The van der Waals surface area contributed by atoms with Gasteiger partial charge in [0, 0.05) is 68.1 Å². The number of nitrogens with zero attached hydrogens (tertiary/aromatic N) is 3. The van der Waals surface area contributed by atoms with E-state index in [0.29, 0.717) is 37.2 Å².